The molecule has 2 fully saturated rings. The minimum absolute atomic E-state index is 0.108. The van der Waals surface area contributed by atoms with E-state index in [9.17, 15) is 8.78 Å². The predicted octanol–water partition coefficient (Wildman–Crippen LogP) is 3.66. The number of halogens is 2. The maximum Gasteiger partial charge on any atom is 0.296 e. The number of nitrogens with one attached hydrogen (secondary N) is 1. The van der Waals surface area contributed by atoms with Crippen molar-refractivity contribution in [1.82, 2.24) is 19.5 Å². The molecule has 10 heteroatoms. The molecule has 0 radical (unpaired) electrons. The van der Waals surface area contributed by atoms with E-state index in [1.165, 1.54) is 4.57 Å². The second-order valence-electron chi connectivity index (χ2n) is 8.88. The molecule has 3 N–H and O–H groups in total. The number of benzene rings is 1. The molecule has 0 unspecified atom stereocenters. The number of anilines is 2. The highest BCUT2D eigenvalue weighted by Gasteiger charge is 2.26. The maximum atomic E-state index is 14.0. The van der Waals surface area contributed by atoms with Crippen molar-refractivity contribution in [2.24, 2.45) is 5.73 Å². The van der Waals surface area contributed by atoms with Crippen LogP contribution in [0.3, 0.4) is 0 Å². The van der Waals surface area contributed by atoms with E-state index in [1.54, 1.807) is 24.3 Å². The van der Waals surface area contributed by atoms with E-state index >= 15 is 0 Å². The number of alkyl halides is 2. The summed E-state index contributed by atoms with van der Waals surface area (Å²) >= 11 is 0. The summed E-state index contributed by atoms with van der Waals surface area (Å²) in [4.78, 5) is 15.8. The van der Waals surface area contributed by atoms with Crippen LogP contribution in [0.25, 0.3) is 16.9 Å². The van der Waals surface area contributed by atoms with E-state index in [1.807, 2.05) is 6.07 Å². The fourth-order valence-electron chi connectivity index (χ4n) is 4.69. The molecule has 1 aliphatic carbocycles. The lowest BCUT2D eigenvalue weighted by atomic mass is 9.92. The number of nitrogens with two attached hydrogens (primary N) is 1. The summed E-state index contributed by atoms with van der Waals surface area (Å²) in [5.41, 5.74) is 7.14. The number of fused-ring (bicyclic) bond motifs is 1. The van der Waals surface area contributed by atoms with Crippen molar-refractivity contribution in [2.45, 2.75) is 57.2 Å². The molecular weight excluding hydrogens is 428 g/mol. The van der Waals surface area contributed by atoms with E-state index in [0.29, 0.717) is 48.4 Å². The van der Waals surface area contributed by atoms with E-state index in [2.05, 4.69) is 27.1 Å². The molecule has 33 heavy (non-hydrogen) atoms. The largest absolute Gasteiger partial charge is 0.377 e. The van der Waals surface area contributed by atoms with E-state index in [-0.39, 0.29) is 23.9 Å². The van der Waals surface area contributed by atoms with Crippen LogP contribution in [-0.4, -0.2) is 57.4 Å². The lowest BCUT2D eigenvalue weighted by Crippen LogP contribution is -2.44. The van der Waals surface area contributed by atoms with Gasteiger partial charge in [-0.15, -0.1) is 0 Å². The van der Waals surface area contributed by atoms with Crippen molar-refractivity contribution in [3.05, 3.63) is 36.2 Å². The molecule has 0 amide bonds. The van der Waals surface area contributed by atoms with Crippen LogP contribution in [0.1, 0.15) is 44.9 Å². The Morgan fingerprint density at radius 3 is 2.61 bits per heavy atom. The van der Waals surface area contributed by atoms with E-state index < -0.39 is 6.43 Å². The van der Waals surface area contributed by atoms with Crippen molar-refractivity contribution in [3.8, 4) is 5.82 Å². The zero-order valence-corrected chi connectivity index (χ0v) is 18.6. The molecule has 3 heterocycles. The van der Waals surface area contributed by atoms with Crippen molar-refractivity contribution < 1.29 is 13.5 Å². The van der Waals surface area contributed by atoms with Crippen LogP contribution >= 0.6 is 0 Å². The van der Waals surface area contributed by atoms with Gasteiger partial charge in [0, 0.05) is 24.7 Å². The number of ether oxygens (including phenoxy) is 1. The molecule has 0 bridgehead atoms. The smallest absolute Gasteiger partial charge is 0.296 e. The van der Waals surface area contributed by atoms with E-state index in [0.717, 1.165) is 25.7 Å². The topological polar surface area (TPSA) is 94.1 Å². The van der Waals surface area contributed by atoms with Gasteiger partial charge in [-0.3, -0.25) is 4.57 Å². The third kappa shape index (κ3) is 4.49. The van der Waals surface area contributed by atoms with Crippen molar-refractivity contribution >= 4 is 22.8 Å². The quantitative estimate of drug-likeness (QED) is 0.604. The number of nitrogens with zero attached hydrogens (tertiary/aromatic N) is 5. The van der Waals surface area contributed by atoms with Crippen LogP contribution in [-0.2, 0) is 4.74 Å². The molecule has 0 spiro atoms. The van der Waals surface area contributed by atoms with Gasteiger partial charge in [-0.05, 0) is 44.7 Å². The van der Waals surface area contributed by atoms with Gasteiger partial charge >= 0.3 is 0 Å². The molecule has 1 aromatic carbocycles. The lowest BCUT2D eigenvalue weighted by Gasteiger charge is -2.35. The first-order valence-corrected chi connectivity index (χ1v) is 11.5. The Bertz CT molecular complexity index is 1110. The highest BCUT2D eigenvalue weighted by molar-refractivity contribution is 5.78. The molecule has 176 valence electrons. The Morgan fingerprint density at radius 1 is 1.09 bits per heavy atom. The summed E-state index contributed by atoms with van der Waals surface area (Å²) in [6.45, 7) is 3.90. The Balaban J connectivity index is 1.60. The third-order valence-corrected chi connectivity index (χ3v) is 6.48. The first-order valence-electron chi connectivity index (χ1n) is 11.5. The highest BCUT2D eigenvalue weighted by atomic mass is 19.3. The average molecular weight is 458 g/mol. The normalized spacial score (nSPS) is 23.9. The minimum atomic E-state index is -2.74. The first kappa shape index (κ1) is 22.0. The van der Waals surface area contributed by atoms with Gasteiger partial charge in [0.05, 0.1) is 30.3 Å². The standard InChI is InChI=1S/C23H29F2N7O/c1-14-13-33-11-10-31(14)19-12-20(30-23(29-19)27-16-8-6-15(26)7-9-16)32-18-5-3-2-4-17(18)28-22(32)21(24)25/h2-5,12,14-16,21H,6-11,13,26H2,1H3,(H,27,29,30)/t14-,15?,16?/m1/s1. The Morgan fingerprint density at radius 2 is 1.85 bits per heavy atom. The minimum Gasteiger partial charge on any atom is -0.377 e. The molecule has 1 saturated carbocycles. The average Bonchev–Trinajstić information content (AvgIpc) is 3.21. The fraction of sp³-hybridized carbons (Fsp3) is 0.522. The number of imidazole rings is 1. The Hall–Kier alpha value is -2.85. The van der Waals surface area contributed by atoms with Crippen LogP contribution in [0.4, 0.5) is 20.5 Å². The zero-order valence-electron chi connectivity index (χ0n) is 18.6. The van der Waals surface area contributed by atoms with Crippen LogP contribution in [0.5, 0.6) is 0 Å². The van der Waals surface area contributed by atoms with Gasteiger partial charge in [0.15, 0.2) is 5.82 Å². The maximum absolute atomic E-state index is 14.0. The van der Waals surface area contributed by atoms with Crippen LogP contribution in [0.15, 0.2) is 30.3 Å². The Kier molecular flexibility index (Phi) is 6.11. The monoisotopic (exact) mass is 457 g/mol. The van der Waals surface area contributed by atoms with Gasteiger partial charge in [-0.1, -0.05) is 12.1 Å². The van der Waals surface area contributed by atoms with Crippen LogP contribution < -0.4 is 16.0 Å². The number of rotatable bonds is 5. The number of hydrogen-bond donors (Lipinski definition) is 2. The van der Waals surface area contributed by atoms with Gasteiger partial charge in [-0.2, -0.15) is 9.97 Å². The van der Waals surface area contributed by atoms with Crippen molar-refractivity contribution in [2.75, 3.05) is 30.0 Å². The molecule has 8 nitrogen and oxygen atoms in total. The number of morpholine rings is 1. The first-order chi connectivity index (χ1) is 16.0. The molecule has 1 atom stereocenters. The van der Waals surface area contributed by atoms with Crippen LogP contribution in [0, 0.1) is 0 Å². The Labute approximate surface area is 191 Å². The second kappa shape index (κ2) is 9.18. The summed E-state index contributed by atoms with van der Waals surface area (Å²) in [5, 5.41) is 3.44. The zero-order chi connectivity index (χ0) is 22.9. The molecule has 1 saturated heterocycles. The van der Waals surface area contributed by atoms with Crippen LogP contribution in [0.2, 0.25) is 0 Å². The SMILES string of the molecule is C[C@@H]1COCCN1c1cc(-n2c(C(F)F)nc3ccccc32)nc(NC2CCC(N)CC2)n1. The highest BCUT2D eigenvalue weighted by Crippen LogP contribution is 2.30. The summed E-state index contributed by atoms with van der Waals surface area (Å²) in [6.07, 6.45) is 0.982. The van der Waals surface area contributed by atoms with Crippen molar-refractivity contribution in [1.29, 1.82) is 0 Å². The van der Waals surface area contributed by atoms with Crippen molar-refractivity contribution in [3.63, 3.8) is 0 Å². The summed E-state index contributed by atoms with van der Waals surface area (Å²) in [5.74, 6) is 1.16. The van der Waals surface area contributed by atoms with Gasteiger partial charge < -0.3 is 20.7 Å². The van der Waals surface area contributed by atoms with Gasteiger partial charge in [0.25, 0.3) is 6.43 Å². The lowest BCUT2D eigenvalue weighted by molar-refractivity contribution is 0.0985. The third-order valence-electron chi connectivity index (χ3n) is 6.48. The molecule has 2 aromatic heterocycles. The summed E-state index contributed by atoms with van der Waals surface area (Å²) in [7, 11) is 0. The molecular formula is C23H29F2N7O. The number of aromatic nitrogens is 4. The molecule has 5 rings (SSSR count). The predicted molar refractivity (Wildman–Crippen MR) is 123 cm³/mol. The van der Waals surface area contributed by atoms with Gasteiger partial charge in [0.1, 0.15) is 11.6 Å². The number of hydrogen-bond acceptors (Lipinski definition) is 7. The second-order valence-corrected chi connectivity index (χ2v) is 8.88. The molecule has 2 aliphatic rings. The summed E-state index contributed by atoms with van der Waals surface area (Å²) < 4.78 is 35.0. The molecule has 3 aromatic rings. The molecule has 1 aliphatic heterocycles. The number of para-hydroxylation sites is 2. The van der Waals surface area contributed by atoms with Gasteiger partial charge in [-0.25, -0.2) is 13.8 Å². The van der Waals surface area contributed by atoms with E-state index in [4.69, 9.17) is 15.5 Å². The summed E-state index contributed by atoms with van der Waals surface area (Å²) in [6, 6.07) is 9.41. The fourth-order valence-corrected chi connectivity index (χ4v) is 4.69. The van der Waals surface area contributed by atoms with Gasteiger partial charge in [0.2, 0.25) is 5.95 Å².